The molecule has 6 heteroatoms. The lowest BCUT2D eigenvalue weighted by atomic mass is 10.3. The Morgan fingerprint density at radius 3 is 1.67 bits per heavy atom. The fourth-order valence-corrected chi connectivity index (χ4v) is 2.17. The third-order valence-electron chi connectivity index (χ3n) is 3.52. The third-order valence-corrected chi connectivity index (χ3v) is 3.52. The van der Waals surface area contributed by atoms with Crippen molar-refractivity contribution in [1.82, 2.24) is 15.0 Å². The highest BCUT2D eigenvalue weighted by Gasteiger charge is 2.14. The molecule has 0 aliphatic rings. The van der Waals surface area contributed by atoms with Gasteiger partial charge in [0.2, 0.25) is 17.8 Å². The predicted molar refractivity (Wildman–Crippen MR) is 89.8 cm³/mol. The minimum atomic E-state index is 0.305. The number of nitrogens with zero attached hydrogens (tertiary/aromatic N) is 5. The molecule has 0 fully saturated rings. The van der Waals surface area contributed by atoms with Crippen molar-refractivity contribution in [1.29, 1.82) is 0 Å². The smallest absolute Gasteiger partial charge is 0.231 e. The molecule has 6 nitrogen and oxygen atoms in total. The lowest BCUT2D eigenvalue weighted by Crippen LogP contribution is -2.30. The largest absolute Gasteiger partial charge is 0.368 e. The van der Waals surface area contributed by atoms with Crippen molar-refractivity contribution in [2.75, 3.05) is 41.7 Å². The first-order valence-electron chi connectivity index (χ1n) is 8.17. The molecule has 0 bridgehead atoms. The summed E-state index contributed by atoms with van der Waals surface area (Å²) < 4.78 is 0. The van der Waals surface area contributed by atoms with Gasteiger partial charge in [0.1, 0.15) is 0 Å². The molecule has 1 rings (SSSR count). The van der Waals surface area contributed by atoms with Gasteiger partial charge < -0.3 is 15.5 Å². The van der Waals surface area contributed by atoms with Gasteiger partial charge in [0.25, 0.3) is 0 Å². The molecule has 1 aromatic heterocycles. The van der Waals surface area contributed by atoms with Crippen LogP contribution in [-0.4, -0.2) is 41.1 Å². The first kappa shape index (κ1) is 17.5. The average Bonchev–Trinajstić information content (AvgIpc) is 2.48. The molecule has 0 unspecified atom stereocenters. The van der Waals surface area contributed by atoms with E-state index in [0.717, 1.165) is 51.9 Å². The van der Waals surface area contributed by atoms with Gasteiger partial charge in [0.05, 0.1) is 0 Å². The van der Waals surface area contributed by atoms with Crippen LogP contribution < -0.4 is 15.5 Å². The number of aromatic nitrogens is 3. The Morgan fingerprint density at radius 1 is 0.762 bits per heavy atom. The highest BCUT2D eigenvalue weighted by molar-refractivity contribution is 5.43. The highest BCUT2D eigenvalue weighted by atomic mass is 15.3. The monoisotopic (exact) mass is 294 g/mol. The van der Waals surface area contributed by atoms with Crippen LogP contribution in [0.25, 0.3) is 0 Å². The summed E-state index contributed by atoms with van der Waals surface area (Å²) in [5.74, 6) is 1.70. The number of hydrogen-bond acceptors (Lipinski definition) is 6. The molecule has 120 valence electrons. The predicted octanol–water partition coefficient (Wildman–Crippen LogP) is 2.71. The van der Waals surface area contributed by atoms with Crippen LogP contribution in [0.5, 0.6) is 0 Å². The molecule has 0 aliphatic carbocycles. The molecule has 0 aromatic carbocycles. The summed E-state index contributed by atoms with van der Waals surface area (Å²) in [4.78, 5) is 17.6. The second kappa shape index (κ2) is 9.37. The molecule has 0 amide bonds. The normalized spacial score (nSPS) is 10.7. The van der Waals surface area contributed by atoms with Gasteiger partial charge in [0.15, 0.2) is 0 Å². The fraction of sp³-hybridized carbons (Fsp3) is 0.800. The average molecular weight is 294 g/mol. The van der Waals surface area contributed by atoms with E-state index >= 15 is 0 Å². The van der Waals surface area contributed by atoms with Gasteiger partial charge in [-0.1, -0.05) is 26.7 Å². The summed E-state index contributed by atoms with van der Waals surface area (Å²) in [7, 11) is 0. The van der Waals surface area contributed by atoms with Crippen molar-refractivity contribution in [3.05, 3.63) is 0 Å². The van der Waals surface area contributed by atoms with Crippen molar-refractivity contribution in [2.24, 2.45) is 0 Å². The Labute approximate surface area is 128 Å². The molecule has 21 heavy (non-hydrogen) atoms. The van der Waals surface area contributed by atoms with E-state index in [1.165, 1.54) is 0 Å². The van der Waals surface area contributed by atoms with Crippen LogP contribution in [0.4, 0.5) is 17.8 Å². The van der Waals surface area contributed by atoms with Crippen LogP contribution in [0, 0.1) is 0 Å². The number of rotatable bonds is 10. The maximum Gasteiger partial charge on any atom is 0.231 e. The van der Waals surface area contributed by atoms with E-state index in [4.69, 9.17) is 5.73 Å². The van der Waals surface area contributed by atoms with Crippen LogP contribution in [0.15, 0.2) is 0 Å². The summed E-state index contributed by atoms with van der Waals surface area (Å²) in [5.41, 5.74) is 5.89. The maximum atomic E-state index is 5.89. The van der Waals surface area contributed by atoms with E-state index < -0.39 is 0 Å². The molecule has 0 saturated heterocycles. The summed E-state index contributed by atoms with van der Waals surface area (Å²) in [6, 6.07) is 0. The lowest BCUT2D eigenvalue weighted by Gasteiger charge is -2.25. The van der Waals surface area contributed by atoms with Crippen molar-refractivity contribution >= 4 is 17.8 Å². The van der Waals surface area contributed by atoms with Crippen LogP contribution in [0.1, 0.15) is 53.4 Å². The second-order valence-electron chi connectivity index (χ2n) is 5.16. The van der Waals surface area contributed by atoms with Crippen molar-refractivity contribution in [3.8, 4) is 0 Å². The van der Waals surface area contributed by atoms with E-state index in [2.05, 4.69) is 52.4 Å². The Balaban J connectivity index is 2.99. The Bertz CT molecular complexity index is 397. The molecule has 1 heterocycles. The van der Waals surface area contributed by atoms with Crippen molar-refractivity contribution < 1.29 is 0 Å². The summed E-state index contributed by atoms with van der Waals surface area (Å²) in [6.45, 7) is 12.2. The molecule has 0 spiro atoms. The number of nitrogens with two attached hydrogens (primary N) is 1. The third kappa shape index (κ3) is 5.36. The minimum Gasteiger partial charge on any atom is -0.368 e. The molecule has 0 radical (unpaired) electrons. The van der Waals surface area contributed by atoms with Gasteiger partial charge in [-0.2, -0.15) is 15.0 Å². The SMILES string of the molecule is CCCCN(CCCC)c1nc(N)nc(N(CC)CC)n1. The molecule has 2 N–H and O–H groups in total. The first-order chi connectivity index (χ1) is 10.2. The van der Waals surface area contributed by atoms with E-state index in [1.54, 1.807) is 0 Å². The molecule has 0 saturated carbocycles. The standard InChI is InChI=1S/C15H30N6/c1-5-9-11-21(12-10-6-2)15-18-13(16)17-14(19-15)20(7-3)8-4/h5-12H2,1-4H3,(H2,16,17,18,19). The summed E-state index contributed by atoms with van der Waals surface area (Å²) in [5, 5.41) is 0. The quantitative estimate of drug-likeness (QED) is 0.715. The van der Waals surface area contributed by atoms with Gasteiger partial charge in [-0.25, -0.2) is 0 Å². The number of nitrogen functional groups attached to an aromatic ring is 1. The zero-order valence-corrected chi connectivity index (χ0v) is 14.0. The van der Waals surface area contributed by atoms with E-state index in [0.29, 0.717) is 17.8 Å². The van der Waals surface area contributed by atoms with E-state index in [-0.39, 0.29) is 0 Å². The molecular weight excluding hydrogens is 264 g/mol. The fourth-order valence-electron chi connectivity index (χ4n) is 2.17. The summed E-state index contributed by atoms with van der Waals surface area (Å²) in [6.07, 6.45) is 4.59. The maximum absolute atomic E-state index is 5.89. The highest BCUT2D eigenvalue weighted by Crippen LogP contribution is 2.16. The summed E-state index contributed by atoms with van der Waals surface area (Å²) >= 11 is 0. The van der Waals surface area contributed by atoms with Crippen LogP contribution in [0.3, 0.4) is 0 Å². The van der Waals surface area contributed by atoms with Gasteiger partial charge in [0, 0.05) is 26.2 Å². The second-order valence-corrected chi connectivity index (χ2v) is 5.16. The van der Waals surface area contributed by atoms with E-state index in [9.17, 15) is 0 Å². The number of unbranched alkanes of at least 4 members (excludes halogenated alkanes) is 2. The number of hydrogen-bond donors (Lipinski definition) is 1. The number of anilines is 3. The van der Waals surface area contributed by atoms with Crippen molar-refractivity contribution in [3.63, 3.8) is 0 Å². The Kier molecular flexibility index (Phi) is 7.79. The molecule has 1 aromatic rings. The van der Waals surface area contributed by atoms with Crippen LogP contribution in [-0.2, 0) is 0 Å². The zero-order valence-electron chi connectivity index (χ0n) is 14.0. The molecular formula is C15H30N6. The van der Waals surface area contributed by atoms with Gasteiger partial charge in [-0.3, -0.25) is 0 Å². The van der Waals surface area contributed by atoms with Crippen LogP contribution in [0.2, 0.25) is 0 Å². The van der Waals surface area contributed by atoms with Crippen molar-refractivity contribution in [2.45, 2.75) is 53.4 Å². The lowest BCUT2D eigenvalue weighted by molar-refractivity contribution is 0.660. The molecule has 0 aliphatic heterocycles. The zero-order chi connectivity index (χ0) is 15.7. The van der Waals surface area contributed by atoms with Gasteiger partial charge >= 0.3 is 0 Å². The topological polar surface area (TPSA) is 71.2 Å². The Hall–Kier alpha value is -1.59. The van der Waals surface area contributed by atoms with Gasteiger partial charge in [-0.05, 0) is 26.7 Å². The Morgan fingerprint density at radius 2 is 1.24 bits per heavy atom. The minimum absolute atomic E-state index is 0.305. The van der Waals surface area contributed by atoms with E-state index in [1.807, 2.05) is 0 Å². The van der Waals surface area contributed by atoms with Crippen LogP contribution >= 0.6 is 0 Å². The molecule has 0 atom stereocenters. The van der Waals surface area contributed by atoms with Gasteiger partial charge in [-0.15, -0.1) is 0 Å². The first-order valence-corrected chi connectivity index (χ1v) is 8.17.